The van der Waals surface area contributed by atoms with E-state index in [2.05, 4.69) is 20.3 Å². The molecule has 33 heavy (non-hydrogen) atoms. The fourth-order valence-corrected chi connectivity index (χ4v) is 4.79. The van der Waals surface area contributed by atoms with E-state index in [0.717, 1.165) is 27.9 Å². The SMILES string of the molecule is CCCS(=O)(=O)NC(=O)c1cccc(Cn2c(-c3ccccc3)cc3cc(OC)ccc32)n1. The Kier molecular flexibility index (Phi) is 6.46. The van der Waals surface area contributed by atoms with E-state index in [0.29, 0.717) is 18.7 Å². The van der Waals surface area contributed by atoms with Gasteiger partial charge in [-0.05, 0) is 48.4 Å². The quantitative estimate of drug-likeness (QED) is 0.422. The molecule has 0 bridgehead atoms. The number of hydrogen-bond acceptors (Lipinski definition) is 5. The lowest BCUT2D eigenvalue weighted by molar-refractivity contribution is 0.0976. The first-order valence-electron chi connectivity index (χ1n) is 10.6. The average molecular weight is 464 g/mol. The number of aromatic nitrogens is 2. The van der Waals surface area contributed by atoms with Crippen molar-refractivity contribution in [3.8, 4) is 17.0 Å². The summed E-state index contributed by atoms with van der Waals surface area (Å²) >= 11 is 0. The number of ether oxygens (including phenoxy) is 1. The Morgan fingerprint density at radius 3 is 2.55 bits per heavy atom. The third-order valence-corrected chi connectivity index (χ3v) is 6.70. The van der Waals surface area contributed by atoms with Crippen molar-refractivity contribution in [2.24, 2.45) is 0 Å². The summed E-state index contributed by atoms with van der Waals surface area (Å²) < 4.78 is 33.6. The van der Waals surface area contributed by atoms with E-state index in [1.165, 1.54) is 6.07 Å². The van der Waals surface area contributed by atoms with Gasteiger partial charge in [-0.1, -0.05) is 43.3 Å². The van der Waals surface area contributed by atoms with E-state index >= 15 is 0 Å². The lowest BCUT2D eigenvalue weighted by atomic mass is 10.1. The molecule has 0 saturated carbocycles. The molecule has 0 unspecified atom stereocenters. The number of nitrogens with zero attached hydrogens (tertiary/aromatic N) is 2. The van der Waals surface area contributed by atoms with Crippen molar-refractivity contribution < 1.29 is 17.9 Å². The van der Waals surface area contributed by atoms with Crippen LogP contribution in [0.15, 0.2) is 72.8 Å². The van der Waals surface area contributed by atoms with Crippen LogP contribution in [0.25, 0.3) is 22.2 Å². The zero-order chi connectivity index (χ0) is 23.4. The van der Waals surface area contributed by atoms with Gasteiger partial charge in [0.1, 0.15) is 11.4 Å². The average Bonchev–Trinajstić information content (AvgIpc) is 3.17. The summed E-state index contributed by atoms with van der Waals surface area (Å²) in [6.07, 6.45) is 0.420. The molecule has 2 heterocycles. The number of sulfonamides is 1. The van der Waals surface area contributed by atoms with Crippen LogP contribution < -0.4 is 9.46 Å². The smallest absolute Gasteiger partial charge is 0.283 e. The van der Waals surface area contributed by atoms with Gasteiger partial charge in [0.2, 0.25) is 10.0 Å². The molecule has 0 aliphatic rings. The van der Waals surface area contributed by atoms with Crippen molar-refractivity contribution in [1.29, 1.82) is 0 Å². The van der Waals surface area contributed by atoms with E-state index in [1.807, 2.05) is 54.6 Å². The van der Waals surface area contributed by atoms with E-state index in [9.17, 15) is 13.2 Å². The number of amides is 1. The van der Waals surface area contributed by atoms with Gasteiger partial charge < -0.3 is 9.30 Å². The van der Waals surface area contributed by atoms with E-state index < -0.39 is 15.9 Å². The number of methoxy groups -OCH3 is 1. The predicted molar refractivity (Wildman–Crippen MR) is 129 cm³/mol. The molecule has 4 rings (SSSR count). The topological polar surface area (TPSA) is 90.3 Å². The summed E-state index contributed by atoms with van der Waals surface area (Å²) in [4.78, 5) is 16.9. The van der Waals surface area contributed by atoms with Gasteiger partial charge in [0, 0.05) is 16.6 Å². The minimum Gasteiger partial charge on any atom is -0.497 e. The third kappa shape index (κ3) is 5.06. The second-order valence-electron chi connectivity index (χ2n) is 7.67. The fourth-order valence-electron chi connectivity index (χ4n) is 3.76. The summed E-state index contributed by atoms with van der Waals surface area (Å²) in [5, 5.41) is 1.02. The molecule has 0 fully saturated rings. The molecular weight excluding hydrogens is 438 g/mol. The zero-order valence-corrected chi connectivity index (χ0v) is 19.3. The first kappa shape index (κ1) is 22.5. The molecule has 170 valence electrons. The Morgan fingerprint density at radius 2 is 1.82 bits per heavy atom. The van der Waals surface area contributed by atoms with Crippen LogP contribution in [-0.2, 0) is 16.6 Å². The monoisotopic (exact) mass is 463 g/mol. The van der Waals surface area contributed by atoms with Gasteiger partial charge in [-0.2, -0.15) is 0 Å². The molecule has 0 atom stereocenters. The zero-order valence-electron chi connectivity index (χ0n) is 18.5. The molecule has 0 aliphatic heterocycles. The normalized spacial score (nSPS) is 11.5. The Bertz CT molecular complexity index is 1400. The standard InChI is InChI=1S/C25H25N3O4S/c1-3-14-33(30,31)27-25(29)22-11-7-10-20(26-22)17-28-23-13-12-21(32-2)15-19(23)16-24(28)18-8-5-4-6-9-18/h4-13,15-16H,3,14,17H2,1-2H3,(H,27,29). The number of benzene rings is 2. The van der Waals surface area contributed by atoms with Crippen LogP contribution in [-0.4, -0.2) is 36.7 Å². The minimum atomic E-state index is -3.68. The molecule has 0 radical (unpaired) electrons. The Morgan fingerprint density at radius 1 is 1.03 bits per heavy atom. The number of fused-ring (bicyclic) bond motifs is 1. The van der Waals surface area contributed by atoms with Crippen LogP contribution in [0.3, 0.4) is 0 Å². The molecule has 0 spiro atoms. The molecule has 7 nitrogen and oxygen atoms in total. The largest absolute Gasteiger partial charge is 0.497 e. The number of carbonyl (C=O) groups excluding carboxylic acids is 1. The molecule has 1 amide bonds. The maximum atomic E-state index is 12.5. The highest BCUT2D eigenvalue weighted by atomic mass is 32.2. The maximum Gasteiger partial charge on any atom is 0.283 e. The van der Waals surface area contributed by atoms with Gasteiger partial charge in [-0.15, -0.1) is 0 Å². The second kappa shape index (κ2) is 9.46. The van der Waals surface area contributed by atoms with Crippen molar-refractivity contribution >= 4 is 26.8 Å². The number of rotatable bonds is 8. The number of pyridine rings is 1. The number of nitrogens with one attached hydrogen (secondary N) is 1. The van der Waals surface area contributed by atoms with Gasteiger partial charge in [0.05, 0.1) is 25.1 Å². The van der Waals surface area contributed by atoms with Crippen LogP contribution >= 0.6 is 0 Å². The molecule has 2 aromatic carbocycles. The maximum absolute atomic E-state index is 12.5. The minimum absolute atomic E-state index is 0.0616. The molecule has 8 heteroatoms. The Hall–Kier alpha value is -3.65. The van der Waals surface area contributed by atoms with Crippen molar-refractivity contribution in [3.05, 3.63) is 84.2 Å². The highest BCUT2D eigenvalue weighted by molar-refractivity contribution is 7.90. The molecule has 2 aromatic heterocycles. The number of carbonyl (C=O) groups is 1. The molecule has 4 aromatic rings. The van der Waals surface area contributed by atoms with Gasteiger partial charge in [-0.3, -0.25) is 4.79 Å². The van der Waals surface area contributed by atoms with Crippen LogP contribution in [0.5, 0.6) is 5.75 Å². The van der Waals surface area contributed by atoms with Crippen LogP contribution in [0.4, 0.5) is 0 Å². The molecule has 0 aliphatic carbocycles. The van der Waals surface area contributed by atoms with Gasteiger partial charge in [0.15, 0.2) is 0 Å². The lowest BCUT2D eigenvalue weighted by Crippen LogP contribution is -2.33. The van der Waals surface area contributed by atoms with Crippen molar-refractivity contribution in [1.82, 2.24) is 14.3 Å². The fraction of sp³-hybridized carbons (Fsp3) is 0.200. The number of hydrogen-bond donors (Lipinski definition) is 1. The second-order valence-corrected chi connectivity index (χ2v) is 9.51. The van der Waals surface area contributed by atoms with Gasteiger partial charge in [0.25, 0.3) is 5.91 Å². The van der Waals surface area contributed by atoms with Crippen LogP contribution in [0.2, 0.25) is 0 Å². The van der Waals surface area contributed by atoms with E-state index in [-0.39, 0.29) is 11.4 Å². The summed E-state index contributed by atoms with van der Waals surface area (Å²) in [6, 6.07) is 23.0. The highest BCUT2D eigenvalue weighted by Crippen LogP contribution is 2.31. The Balaban J connectivity index is 1.72. The van der Waals surface area contributed by atoms with Crippen molar-refractivity contribution in [2.75, 3.05) is 12.9 Å². The van der Waals surface area contributed by atoms with Crippen molar-refractivity contribution in [2.45, 2.75) is 19.9 Å². The Labute approximate surface area is 193 Å². The van der Waals surface area contributed by atoms with Gasteiger partial charge >= 0.3 is 0 Å². The third-order valence-electron chi connectivity index (χ3n) is 5.26. The first-order valence-corrected chi connectivity index (χ1v) is 12.3. The highest BCUT2D eigenvalue weighted by Gasteiger charge is 2.17. The lowest BCUT2D eigenvalue weighted by Gasteiger charge is -2.12. The summed E-state index contributed by atoms with van der Waals surface area (Å²) in [6.45, 7) is 2.15. The van der Waals surface area contributed by atoms with E-state index in [1.54, 1.807) is 20.1 Å². The summed E-state index contributed by atoms with van der Waals surface area (Å²) in [7, 11) is -2.04. The van der Waals surface area contributed by atoms with Crippen molar-refractivity contribution in [3.63, 3.8) is 0 Å². The molecular formula is C25H25N3O4S. The van der Waals surface area contributed by atoms with E-state index in [4.69, 9.17) is 4.74 Å². The first-order chi connectivity index (χ1) is 15.9. The predicted octanol–water partition coefficient (Wildman–Crippen LogP) is 4.23. The summed E-state index contributed by atoms with van der Waals surface area (Å²) in [5.74, 6) is -0.0717. The molecule has 0 saturated heterocycles. The van der Waals surface area contributed by atoms with Crippen LogP contribution in [0, 0.1) is 0 Å². The van der Waals surface area contributed by atoms with Crippen LogP contribution in [0.1, 0.15) is 29.5 Å². The van der Waals surface area contributed by atoms with Gasteiger partial charge in [-0.25, -0.2) is 18.1 Å². The molecule has 1 N–H and O–H groups in total. The summed E-state index contributed by atoms with van der Waals surface area (Å²) in [5.41, 5.74) is 3.75.